The molecule has 1 amide bonds. The number of carbonyl (C=O) groups excluding carboxylic acids is 1. The molecule has 0 unspecified atom stereocenters. The molecule has 0 radical (unpaired) electrons. The van der Waals surface area contributed by atoms with E-state index in [0.29, 0.717) is 5.56 Å². The Labute approximate surface area is 89.5 Å². The van der Waals surface area contributed by atoms with Gasteiger partial charge in [-0.3, -0.25) is 4.79 Å². The van der Waals surface area contributed by atoms with Crippen LogP contribution in [0.3, 0.4) is 0 Å². The second kappa shape index (κ2) is 6.56. The van der Waals surface area contributed by atoms with Crippen molar-refractivity contribution in [1.82, 2.24) is 0 Å². The molecule has 0 fully saturated rings. The zero-order valence-corrected chi connectivity index (χ0v) is 8.73. The van der Waals surface area contributed by atoms with E-state index in [1.165, 1.54) is 0 Å². The van der Waals surface area contributed by atoms with Gasteiger partial charge in [0, 0.05) is 12.7 Å². The maximum Gasteiger partial charge on any atom is 0.248 e. The molecule has 0 aliphatic carbocycles. The summed E-state index contributed by atoms with van der Waals surface area (Å²) in [4.78, 5) is 10.8. The Balaban J connectivity index is 0.000000921. The van der Waals surface area contributed by atoms with Gasteiger partial charge in [0.2, 0.25) is 5.91 Å². The predicted octanol–water partition coefficient (Wildman–Crippen LogP) is 1.68. The second-order valence-electron chi connectivity index (χ2n) is 2.62. The monoisotopic (exact) mass is 205 g/mol. The Hall–Kier alpha value is -1.87. The summed E-state index contributed by atoms with van der Waals surface area (Å²) in [5.74, 6) is -0.432. The van der Waals surface area contributed by atoms with Gasteiger partial charge in [-0.25, -0.2) is 0 Å². The van der Waals surface area contributed by atoms with E-state index in [1.54, 1.807) is 30.4 Å². The third-order valence-electron chi connectivity index (χ3n) is 1.81. The quantitative estimate of drug-likeness (QED) is 0.788. The fourth-order valence-corrected chi connectivity index (χ4v) is 1.09. The van der Waals surface area contributed by atoms with Crippen LogP contribution in [-0.2, 0) is 0 Å². The van der Waals surface area contributed by atoms with Gasteiger partial charge in [-0.15, -0.1) is 0 Å². The lowest BCUT2D eigenvalue weighted by Crippen LogP contribution is -2.10. The molecule has 15 heavy (non-hydrogen) atoms. The Bertz CT molecular complexity index is 370. The van der Waals surface area contributed by atoms with Crippen LogP contribution in [0.2, 0.25) is 0 Å². The van der Waals surface area contributed by atoms with E-state index < -0.39 is 5.91 Å². The Morgan fingerprint density at radius 1 is 1.27 bits per heavy atom. The van der Waals surface area contributed by atoms with Crippen molar-refractivity contribution in [2.45, 2.75) is 0 Å². The van der Waals surface area contributed by atoms with Crippen molar-refractivity contribution in [3.8, 4) is 0 Å². The Kier molecular flexibility index (Phi) is 5.75. The van der Waals surface area contributed by atoms with Crippen LogP contribution in [0.1, 0.15) is 21.5 Å². The van der Waals surface area contributed by atoms with Crippen LogP contribution < -0.4 is 5.73 Å². The van der Waals surface area contributed by atoms with Crippen LogP contribution in [-0.4, -0.2) is 18.1 Å². The lowest BCUT2D eigenvalue weighted by molar-refractivity contribution is 0.100. The highest BCUT2D eigenvalue weighted by Crippen LogP contribution is 2.14. The molecule has 3 N–H and O–H groups in total. The molecule has 1 rings (SSSR count). The summed E-state index contributed by atoms with van der Waals surface area (Å²) >= 11 is 0. The van der Waals surface area contributed by atoms with Gasteiger partial charge < -0.3 is 10.8 Å². The number of hydrogen-bond acceptors (Lipinski definition) is 2. The Morgan fingerprint density at radius 2 is 1.80 bits per heavy atom. The predicted molar refractivity (Wildman–Crippen MR) is 63.3 cm³/mol. The van der Waals surface area contributed by atoms with E-state index in [9.17, 15) is 4.79 Å². The number of aliphatic hydroxyl groups excluding tert-OH is 1. The van der Waals surface area contributed by atoms with Crippen molar-refractivity contribution in [3.63, 3.8) is 0 Å². The summed E-state index contributed by atoms with van der Waals surface area (Å²) in [6.45, 7) is 7.29. The maximum absolute atomic E-state index is 10.8. The molecule has 80 valence electrons. The van der Waals surface area contributed by atoms with Crippen LogP contribution in [0.5, 0.6) is 0 Å². The number of rotatable bonds is 3. The number of primary amides is 1. The van der Waals surface area contributed by atoms with Crippen LogP contribution in [0, 0.1) is 0 Å². The first-order valence-electron chi connectivity index (χ1n) is 4.32. The third-order valence-corrected chi connectivity index (χ3v) is 1.81. The molecule has 0 saturated heterocycles. The summed E-state index contributed by atoms with van der Waals surface area (Å²) in [5.41, 5.74) is 7.43. The fourth-order valence-electron chi connectivity index (χ4n) is 1.09. The molecular formula is C12H15NO2. The minimum atomic E-state index is -0.432. The van der Waals surface area contributed by atoms with Crippen LogP contribution in [0.4, 0.5) is 0 Å². The maximum atomic E-state index is 10.8. The number of amides is 1. The highest BCUT2D eigenvalue weighted by atomic mass is 16.2. The molecule has 0 aliphatic rings. The molecule has 1 aromatic rings. The first-order chi connectivity index (χ1) is 7.19. The van der Waals surface area contributed by atoms with Crippen molar-refractivity contribution in [1.29, 1.82) is 0 Å². The van der Waals surface area contributed by atoms with E-state index in [2.05, 4.69) is 13.2 Å². The molecule has 3 heteroatoms. The van der Waals surface area contributed by atoms with Crippen molar-refractivity contribution in [2.75, 3.05) is 7.11 Å². The van der Waals surface area contributed by atoms with Gasteiger partial charge >= 0.3 is 0 Å². The van der Waals surface area contributed by atoms with Gasteiger partial charge in [0.1, 0.15) is 0 Å². The zero-order valence-electron chi connectivity index (χ0n) is 8.73. The molecule has 0 spiro atoms. The van der Waals surface area contributed by atoms with Gasteiger partial charge in [-0.1, -0.05) is 31.4 Å². The normalized spacial score (nSPS) is 8.40. The number of aliphatic hydroxyl groups is 1. The van der Waals surface area contributed by atoms with E-state index in [1.807, 2.05) is 0 Å². The molecule has 0 bridgehead atoms. The van der Waals surface area contributed by atoms with Gasteiger partial charge in [-0.2, -0.15) is 0 Å². The minimum absolute atomic E-state index is 0.432. The molecule has 0 heterocycles. The van der Waals surface area contributed by atoms with E-state index in [-0.39, 0.29) is 0 Å². The van der Waals surface area contributed by atoms with E-state index in [0.717, 1.165) is 18.2 Å². The smallest absolute Gasteiger partial charge is 0.248 e. The molecule has 0 atom stereocenters. The SMILES string of the molecule is C=Cc1ccc(C(N)=O)cc1C=C.CO. The number of nitrogens with two attached hydrogens (primary N) is 1. The highest BCUT2D eigenvalue weighted by molar-refractivity contribution is 5.93. The fraction of sp³-hybridized carbons (Fsp3) is 0.0833. The molecule has 0 aliphatic heterocycles. The highest BCUT2D eigenvalue weighted by Gasteiger charge is 2.02. The topological polar surface area (TPSA) is 63.3 Å². The van der Waals surface area contributed by atoms with Crippen molar-refractivity contribution in [2.24, 2.45) is 5.73 Å². The molecule has 1 aromatic carbocycles. The first kappa shape index (κ1) is 13.1. The Morgan fingerprint density at radius 3 is 2.20 bits per heavy atom. The molecule has 3 nitrogen and oxygen atoms in total. The van der Waals surface area contributed by atoms with Gasteiger partial charge in [0.25, 0.3) is 0 Å². The van der Waals surface area contributed by atoms with Crippen molar-refractivity contribution < 1.29 is 9.90 Å². The lowest BCUT2D eigenvalue weighted by atomic mass is 10.0. The van der Waals surface area contributed by atoms with Crippen molar-refractivity contribution >= 4 is 18.1 Å². The summed E-state index contributed by atoms with van der Waals surface area (Å²) in [5, 5.41) is 7.00. The first-order valence-corrected chi connectivity index (χ1v) is 4.32. The molecule has 0 saturated carbocycles. The largest absolute Gasteiger partial charge is 0.400 e. The average molecular weight is 205 g/mol. The summed E-state index contributed by atoms with van der Waals surface area (Å²) in [6.07, 6.45) is 3.38. The zero-order chi connectivity index (χ0) is 11.8. The average Bonchev–Trinajstić information content (AvgIpc) is 2.30. The molecular weight excluding hydrogens is 190 g/mol. The lowest BCUT2D eigenvalue weighted by Gasteiger charge is -2.02. The standard InChI is InChI=1S/C11H11NO.CH4O/c1-3-8-5-6-10(11(12)13)7-9(8)4-2;1-2/h3-7H,1-2H2,(H2,12,13);2H,1H3. The van der Waals surface area contributed by atoms with Crippen molar-refractivity contribution in [3.05, 3.63) is 48.0 Å². The summed E-state index contributed by atoms with van der Waals surface area (Å²) < 4.78 is 0. The molecule has 0 aromatic heterocycles. The third kappa shape index (κ3) is 3.40. The van der Waals surface area contributed by atoms with E-state index in [4.69, 9.17) is 10.8 Å². The summed E-state index contributed by atoms with van der Waals surface area (Å²) in [7, 11) is 1.00. The number of hydrogen-bond donors (Lipinski definition) is 2. The number of benzene rings is 1. The summed E-state index contributed by atoms with van der Waals surface area (Å²) in [6, 6.07) is 5.17. The van der Waals surface area contributed by atoms with Crippen LogP contribution in [0.15, 0.2) is 31.4 Å². The second-order valence-corrected chi connectivity index (χ2v) is 2.62. The van der Waals surface area contributed by atoms with Gasteiger partial charge in [0.05, 0.1) is 0 Å². The van der Waals surface area contributed by atoms with Crippen LogP contribution in [0.25, 0.3) is 12.2 Å². The minimum Gasteiger partial charge on any atom is -0.400 e. The number of carbonyl (C=O) groups is 1. The van der Waals surface area contributed by atoms with Gasteiger partial charge in [0.15, 0.2) is 0 Å². The van der Waals surface area contributed by atoms with E-state index >= 15 is 0 Å². The van der Waals surface area contributed by atoms with Crippen LogP contribution >= 0.6 is 0 Å². The van der Waals surface area contributed by atoms with Gasteiger partial charge in [-0.05, 0) is 23.3 Å².